The molecular weight excluding hydrogens is 140 g/mol. The largest absolute Gasteiger partial charge is 0.359 e. The third kappa shape index (κ3) is 1.17. The van der Waals surface area contributed by atoms with E-state index in [0.29, 0.717) is 6.04 Å². The van der Waals surface area contributed by atoms with Crippen molar-refractivity contribution in [2.75, 3.05) is 26.2 Å². The van der Waals surface area contributed by atoms with E-state index in [1.54, 1.807) is 0 Å². The third-order valence-electron chi connectivity index (χ3n) is 2.67. The van der Waals surface area contributed by atoms with E-state index in [-0.39, 0.29) is 5.72 Å². The van der Waals surface area contributed by atoms with E-state index >= 15 is 0 Å². The van der Waals surface area contributed by atoms with Gasteiger partial charge in [0.25, 0.3) is 0 Å². The Balaban J connectivity index is 2.10. The summed E-state index contributed by atoms with van der Waals surface area (Å²) in [5.74, 6) is 0. The molecule has 1 atom stereocenters. The van der Waals surface area contributed by atoms with E-state index in [1.807, 2.05) is 0 Å². The fraction of sp³-hybridized carbons (Fsp3) is 1.00. The molecule has 0 saturated carbocycles. The number of fused-ring (bicyclic) bond motifs is 1. The number of hydrogen-bond donors (Lipinski definition) is 1. The SMILES string of the molecule is CC1(C)OC[C@@H]2CNCCN21. The molecule has 0 amide bonds. The third-order valence-corrected chi connectivity index (χ3v) is 2.67. The second-order valence-electron chi connectivity index (χ2n) is 3.81. The molecule has 0 aromatic rings. The summed E-state index contributed by atoms with van der Waals surface area (Å²) >= 11 is 0. The highest BCUT2D eigenvalue weighted by atomic mass is 16.5. The molecule has 3 nitrogen and oxygen atoms in total. The van der Waals surface area contributed by atoms with Crippen molar-refractivity contribution in [3.05, 3.63) is 0 Å². The standard InChI is InChI=1S/C8H16N2O/c1-8(2)10-4-3-9-5-7(10)6-11-8/h7,9H,3-6H2,1-2H3/t7-/m0/s1. The second-order valence-corrected chi connectivity index (χ2v) is 3.81. The minimum absolute atomic E-state index is 0.0211. The quantitative estimate of drug-likeness (QED) is 0.535. The van der Waals surface area contributed by atoms with Gasteiger partial charge in [-0.05, 0) is 13.8 Å². The van der Waals surface area contributed by atoms with Crippen LogP contribution in [-0.4, -0.2) is 42.9 Å². The van der Waals surface area contributed by atoms with Gasteiger partial charge in [-0.25, -0.2) is 0 Å². The first-order valence-electron chi connectivity index (χ1n) is 4.31. The monoisotopic (exact) mass is 156 g/mol. The molecule has 2 aliphatic heterocycles. The van der Waals surface area contributed by atoms with Gasteiger partial charge in [0.15, 0.2) is 0 Å². The predicted molar refractivity (Wildman–Crippen MR) is 43.4 cm³/mol. The number of hydrogen-bond acceptors (Lipinski definition) is 3. The maximum absolute atomic E-state index is 5.67. The van der Waals surface area contributed by atoms with Crippen LogP contribution in [0.2, 0.25) is 0 Å². The fourth-order valence-corrected chi connectivity index (χ4v) is 2.00. The zero-order valence-corrected chi connectivity index (χ0v) is 7.26. The molecular formula is C8H16N2O. The van der Waals surface area contributed by atoms with Crippen molar-refractivity contribution in [2.24, 2.45) is 0 Å². The van der Waals surface area contributed by atoms with Gasteiger partial charge in [-0.15, -0.1) is 0 Å². The molecule has 11 heavy (non-hydrogen) atoms. The van der Waals surface area contributed by atoms with Crippen LogP contribution in [0.15, 0.2) is 0 Å². The Labute approximate surface area is 67.7 Å². The number of nitrogens with one attached hydrogen (secondary N) is 1. The van der Waals surface area contributed by atoms with Crippen molar-refractivity contribution in [3.8, 4) is 0 Å². The summed E-state index contributed by atoms with van der Waals surface area (Å²) in [6.07, 6.45) is 0. The molecule has 0 aromatic heterocycles. The fourth-order valence-electron chi connectivity index (χ4n) is 2.00. The van der Waals surface area contributed by atoms with Gasteiger partial charge in [0, 0.05) is 25.7 Å². The van der Waals surface area contributed by atoms with Gasteiger partial charge >= 0.3 is 0 Å². The summed E-state index contributed by atoms with van der Waals surface area (Å²) in [6.45, 7) is 8.50. The van der Waals surface area contributed by atoms with Crippen LogP contribution in [0.3, 0.4) is 0 Å². The predicted octanol–water partition coefficient (Wildman–Crippen LogP) is 0.0265. The van der Waals surface area contributed by atoms with Crippen molar-refractivity contribution >= 4 is 0 Å². The highest BCUT2D eigenvalue weighted by Gasteiger charge is 2.41. The van der Waals surface area contributed by atoms with Crippen LogP contribution in [0.4, 0.5) is 0 Å². The highest BCUT2D eigenvalue weighted by Crippen LogP contribution is 2.27. The van der Waals surface area contributed by atoms with Crippen molar-refractivity contribution in [3.63, 3.8) is 0 Å². The molecule has 3 heteroatoms. The zero-order valence-electron chi connectivity index (χ0n) is 7.26. The van der Waals surface area contributed by atoms with Crippen molar-refractivity contribution in [1.82, 2.24) is 10.2 Å². The number of piperazine rings is 1. The normalized spacial score (nSPS) is 37.1. The smallest absolute Gasteiger partial charge is 0.116 e. The molecule has 1 N–H and O–H groups in total. The average Bonchev–Trinajstić information content (AvgIpc) is 2.29. The molecule has 2 rings (SSSR count). The van der Waals surface area contributed by atoms with Gasteiger partial charge in [0.2, 0.25) is 0 Å². The Kier molecular flexibility index (Phi) is 1.67. The van der Waals surface area contributed by atoms with Crippen molar-refractivity contribution in [2.45, 2.75) is 25.6 Å². The Morgan fingerprint density at radius 2 is 2.36 bits per heavy atom. The Hall–Kier alpha value is -0.120. The van der Waals surface area contributed by atoms with Crippen LogP contribution in [0.5, 0.6) is 0 Å². The minimum atomic E-state index is -0.0211. The molecule has 0 aliphatic carbocycles. The number of nitrogens with zero attached hydrogens (tertiary/aromatic N) is 1. The van der Waals surface area contributed by atoms with E-state index in [1.165, 1.54) is 0 Å². The molecule has 0 spiro atoms. The molecule has 2 saturated heterocycles. The lowest BCUT2D eigenvalue weighted by Crippen LogP contribution is -2.54. The van der Waals surface area contributed by atoms with Gasteiger partial charge < -0.3 is 10.1 Å². The lowest BCUT2D eigenvalue weighted by molar-refractivity contribution is -0.0558. The van der Waals surface area contributed by atoms with Gasteiger partial charge in [-0.1, -0.05) is 0 Å². The molecule has 64 valence electrons. The summed E-state index contributed by atoms with van der Waals surface area (Å²) in [6, 6.07) is 0.610. The molecule has 0 aromatic carbocycles. The topological polar surface area (TPSA) is 24.5 Å². The van der Waals surface area contributed by atoms with Crippen molar-refractivity contribution < 1.29 is 4.74 Å². The highest BCUT2D eigenvalue weighted by molar-refractivity contribution is 4.90. The van der Waals surface area contributed by atoms with E-state index < -0.39 is 0 Å². The van der Waals surface area contributed by atoms with Gasteiger partial charge in [0.05, 0.1) is 6.61 Å². The minimum Gasteiger partial charge on any atom is -0.359 e. The van der Waals surface area contributed by atoms with E-state index in [2.05, 4.69) is 24.1 Å². The van der Waals surface area contributed by atoms with Gasteiger partial charge in [-0.2, -0.15) is 0 Å². The molecule has 0 radical (unpaired) electrons. The summed E-state index contributed by atoms with van der Waals surface area (Å²) in [7, 11) is 0. The second kappa shape index (κ2) is 2.44. The Morgan fingerprint density at radius 1 is 1.55 bits per heavy atom. The van der Waals surface area contributed by atoms with E-state index in [0.717, 1.165) is 26.2 Å². The maximum atomic E-state index is 5.67. The molecule has 2 fully saturated rings. The van der Waals surface area contributed by atoms with Crippen molar-refractivity contribution in [1.29, 1.82) is 0 Å². The van der Waals surface area contributed by atoms with Crippen LogP contribution < -0.4 is 5.32 Å². The summed E-state index contributed by atoms with van der Waals surface area (Å²) in [5.41, 5.74) is -0.0211. The molecule has 0 bridgehead atoms. The van der Waals surface area contributed by atoms with Crippen LogP contribution >= 0.6 is 0 Å². The molecule has 0 unspecified atom stereocenters. The van der Waals surface area contributed by atoms with Gasteiger partial charge in [0.1, 0.15) is 5.72 Å². The van der Waals surface area contributed by atoms with Gasteiger partial charge in [-0.3, -0.25) is 4.90 Å². The summed E-state index contributed by atoms with van der Waals surface area (Å²) in [4.78, 5) is 2.45. The first kappa shape index (κ1) is 7.53. The summed E-state index contributed by atoms with van der Waals surface area (Å²) < 4.78 is 5.67. The van der Waals surface area contributed by atoms with E-state index in [9.17, 15) is 0 Å². The first-order valence-corrected chi connectivity index (χ1v) is 4.31. The lowest BCUT2D eigenvalue weighted by atomic mass is 10.1. The van der Waals surface area contributed by atoms with Crippen LogP contribution in [0.1, 0.15) is 13.8 Å². The molecule has 2 heterocycles. The first-order chi connectivity index (χ1) is 5.20. The Morgan fingerprint density at radius 3 is 3.09 bits per heavy atom. The summed E-state index contributed by atoms with van der Waals surface area (Å²) in [5, 5.41) is 3.37. The van der Waals surface area contributed by atoms with Crippen LogP contribution in [0, 0.1) is 0 Å². The Bertz CT molecular complexity index is 158. The zero-order chi connectivity index (χ0) is 7.90. The number of ether oxygens (including phenoxy) is 1. The lowest BCUT2D eigenvalue weighted by Gasteiger charge is -2.36. The number of rotatable bonds is 0. The van der Waals surface area contributed by atoms with E-state index in [4.69, 9.17) is 4.74 Å². The van der Waals surface area contributed by atoms with Crippen LogP contribution in [-0.2, 0) is 4.74 Å². The van der Waals surface area contributed by atoms with Crippen LogP contribution in [0.25, 0.3) is 0 Å². The maximum Gasteiger partial charge on any atom is 0.116 e. The average molecular weight is 156 g/mol. The molecule has 2 aliphatic rings.